The van der Waals surface area contributed by atoms with Crippen LogP contribution in [0.1, 0.15) is 28.8 Å². The van der Waals surface area contributed by atoms with Crippen LogP contribution in [0.15, 0.2) is 18.2 Å². The molecule has 1 aromatic carbocycles. The summed E-state index contributed by atoms with van der Waals surface area (Å²) in [7, 11) is 1.64. The summed E-state index contributed by atoms with van der Waals surface area (Å²) in [6, 6.07) is 3.62. The van der Waals surface area contributed by atoms with Crippen LogP contribution in [0.5, 0.6) is 11.5 Å². The number of benzene rings is 1. The molecule has 106 valence electrons. The molecule has 0 aliphatic carbocycles. The molecule has 2 aliphatic rings. The van der Waals surface area contributed by atoms with E-state index in [1.807, 2.05) is 12.1 Å². The number of carbonyl (C=O) groups excluding carboxylic acids is 1. The molecule has 0 atom stereocenters. The molecule has 0 amide bonds. The predicted molar refractivity (Wildman–Crippen MR) is 77.4 cm³/mol. The van der Waals surface area contributed by atoms with Crippen LogP contribution in [-0.2, 0) is 0 Å². The van der Waals surface area contributed by atoms with E-state index in [1.54, 1.807) is 13.2 Å². The Morgan fingerprint density at radius 1 is 1.35 bits per heavy atom. The molecule has 3 rings (SSSR count). The van der Waals surface area contributed by atoms with Crippen LogP contribution in [0.3, 0.4) is 0 Å². The molecule has 20 heavy (non-hydrogen) atoms. The standard InChI is InChI=1S/C16H19NO3/c1-19-15-5-4-12-14(18)10-20-16(12)13(15)3-2-11-6-8-17-9-7-11/h2-5,11,17H,6-10H2,1H3/b3-2-. The Kier molecular flexibility index (Phi) is 3.74. The van der Waals surface area contributed by atoms with Gasteiger partial charge < -0.3 is 14.8 Å². The Labute approximate surface area is 118 Å². The van der Waals surface area contributed by atoms with E-state index in [0.717, 1.165) is 37.2 Å². The number of carbonyl (C=O) groups is 1. The van der Waals surface area contributed by atoms with Crippen LogP contribution in [-0.4, -0.2) is 32.6 Å². The number of hydrogen-bond donors (Lipinski definition) is 1. The summed E-state index contributed by atoms with van der Waals surface area (Å²) in [4.78, 5) is 11.7. The van der Waals surface area contributed by atoms with Crippen molar-refractivity contribution < 1.29 is 14.3 Å². The first-order valence-corrected chi connectivity index (χ1v) is 7.05. The van der Waals surface area contributed by atoms with Gasteiger partial charge in [-0.15, -0.1) is 0 Å². The first-order chi connectivity index (χ1) is 9.79. The number of ketones is 1. The van der Waals surface area contributed by atoms with Gasteiger partial charge >= 0.3 is 0 Å². The Bertz CT molecular complexity index is 545. The van der Waals surface area contributed by atoms with E-state index in [1.165, 1.54) is 0 Å². The highest BCUT2D eigenvalue weighted by Crippen LogP contribution is 2.37. The second kappa shape index (κ2) is 5.67. The zero-order valence-corrected chi connectivity index (χ0v) is 11.6. The van der Waals surface area contributed by atoms with Crippen LogP contribution < -0.4 is 14.8 Å². The van der Waals surface area contributed by atoms with Crippen LogP contribution in [0.4, 0.5) is 0 Å². The molecule has 0 bridgehead atoms. The molecule has 0 aromatic heterocycles. The van der Waals surface area contributed by atoms with Gasteiger partial charge in [0.2, 0.25) is 5.78 Å². The summed E-state index contributed by atoms with van der Waals surface area (Å²) in [5.41, 5.74) is 1.55. The lowest BCUT2D eigenvalue weighted by atomic mass is 9.96. The van der Waals surface area contributed by atoms with Gasteiger partial charge in [0.15, 0.2) is 6.61 Å². The van der Waals surface area contributed by atoms with E-state index in [-0.39, 0.29) is 12.4 Å². The highest BCUT2D eigenvalue weighted by atomic mass is 16.5. The van der Waals surface area contributed by atoms with Crippen molar-refractivity contribution in [3.05, 3.63) is 29.3 Å². The summed E-state index contributed by atoms with van der Waals surface area (Å²) in [6.07, 6.45) is 6.55. The Morgan fingerprint density at radius 2 is 2.15 bits per heavy atom. The Morgan fingerprint density at radius 3 is 2.90 bits per heavy atom. The SMILES string of the molecule is COc1ccc2c(c1/C=C\C1CCNCC1)OCC2=O. The van der Waals surface area contributed by atoms with E-state index >= 15 is 0 Å². The van der Waals surface area contributed by atoms with Crippen molar-refractivity contribution in [1.29, 1.82) is 0 Å². The van der Waals surface area contributed by atoms with Crippen molar-refractivity contribution in [1.82, 2.24) is 5.32 Å². The lowest BCUT2D eigenvalue weighted by molar-refractivity contribution is 0.0961. The molecule has 2 aliphatic heterocycles. The first kappa shape index (κ1) is 13.2. The normalized spacial score (nSPS) is 19.1. The second-order valence-corrected chi connectivity index (χ2v) is 5.22. The molecule has 0 spiro atoms. The topological polar surface area (TPSA) is 47.6 Å². The third-order valence-electron chi connectivity index (χ3n) is 3.94. The van der Waals surface area contributed by atoms with Gasteiger partial charge in [-0.05, 0) is 44.0 Å². The van der Waals surface area contributed by atoms with Gasteiger partial charge in [0.1, 0.15) is 11.5 Å². The smallest absolute Gasteiger partial charge is 0.203 e. The van der Waals surface area contributed by atoms with Crippen molar-refractivity contribution in [2.75, 3.05) is 26.8 Å². The molecule has 4 nitrogen and oxygen atoms in total. The summed E-state index contributed by atoms with van der Waals surface area (Å²) in [5, 5.41) is 3.35. The number of allylic oxidation sites excluding steroid dienone is 1. The fourth-order valence-electron chi connectivity index (χ4n) is 2.78. The van der Waals surface area contributed by atoms with Crippen molar-refractivity contribution in [3.63, 3.8) is 0 Å². The molecule has 1 aromatic rings. The van der Waals surface area contributed by atoms with Crippen LogP contribution in [0, 0.1) is 5.92 Å². The molecular weight excluding hydrogens is 254 g/mol. The maximum Gasteiger partial charge on any atom is 0.203 e. The Balaban J connectivity index is 1.91. The van der Waals surface area contributed by atoms with E-state index in [0.29, 0.717) is 17.2 Å². The number of nitrogens with one attached hydrogen (secondary N) is 1. The van der Waals surface area contributed by atoms with E-state index in [2.05, 4.69) is 11.4 Å². The van der Waals surface area contributed by atoms with Crippen molar-refractivity contribution in [3.8, 4) is 11.5 Å². The number of rotatable bonds is 3. The van der Waals surface area contributed by atoms with Gasteiger partial charge in [-0.3, -0.25) is 4.79 Å². The lowest BCUT2D eigenvalue weighted by Crippen LogP contribution is -2.26. The number of Topliss-reactive ketones (excluding diaryl/α,β-unsaturated/α-hetero) is 1. The minimum absolute atomic E-state index is 0.0409. The minimum Gasteiger partial charge on any atom is -0.496 e. The average Bonchev–Trinajstić information content (AvgIpc) is 2.87. The first-order valence-electron chi connectivity index (χ1n) is 7.05. The average molecular weight is 273 g/mol. The van der Waals surface area contributed by atoms with E-state index in [4.69, 9.17) is 9.47 Å². The predicted octanol–water partition coefficient (Wildman–Crippen LogP) is 2.28. The number of ether oxygens (including phenoxy) is 2. The third-order valence-corrected chi connectivity index (χ3v) is 3.94. The summed E-state index contributed by atoms with van der Waals surface area (Å²) in [5.74, 6) is 2.04. The highest BCUT2D eigenvalue weighted by Gasteiger charge is 2.25. The van der Waals surface area contributed by atoms with Gasteiger partial charge in [0.25, 0.3) is 0 Å². The summed E-state index contributed by atoms with van der Waals surface area (Å²) < 4.78 is 10.9. The number of fused-ring (bicyclic) bond motifs is 1. The molecular formula is C16H19NO3. The molecule has 1 N–H and O–H groups in total. The summed E-state index contributed by atoms with van der Waals surface area (Å²) >= 11 is 0. The van der Waals surface area contributed by atoms with E-state index in [9.17, 15) is 4.79 Å². The lowest BCUT2D eigenvalue weighted by Gasteiger charge is -2.19. The van der Waals surface area contributed by atoms with Gasteiger partial charge in [-0.25, -0.2) is 0 Å². The van der Waals surface area contributed by atoms with Gasteiger partial charge in [-0.1, -0.05) is 12.2 Å². The summed E-state index contributed by atoms with van der Waals surface area (Å²) in [6.45, 7) is 2.26. The molecule has 4 heteroatoms. The van der Waals surface area contributed by atoms with Gasteiger partial charge in [-0.2, -0.15) is 0 Å². The fraction of sp³-hybridized carbons (Fsp3) is 0.438. The van der Waals surface area contributed by atoms with Crippen LogP contribution in [0.2, 0.25) is 0 Å². The molecule has 0 radical (unpaired) electrons. The number of methoxy groups -OCH3 is 1. The quantitative estimate of drug-likeness (QED) is 0.918. The maximum absolute atomic E-state index is 11.7. The monoisotopic (exact) mass is 273 g/mol. The van der Waals surface area contributed by atoms with Crippen LogP contribution >= 0.6 is 0 Å². The van der Waals surface area contributed by atoms with Gasteiger partial charge in [0.05, 0.1) is 18.2 Å². The third kappa shape index (κ3) is 2.43. The molecule has 0 saturated carbocycles. The highest BCUT2D eigenvalue weighted by molar-refractivity contribution is 6.03. The van der Waals surface area contributed by atoms with E-state index < -0.39 is 0 Å². The van der Waals surface area contributed by atoms with Crippen LogP contribution in [0.25, 0.3) is 6.08 Å². The van der Waals surface area contributed by atoms with Crippen molar-refractivity contribution in [2.24, 2.45) is 5.92 Å². The van der Waals surface area contributed by atoms with Gasteiger partial charge in [0, 0.05) is 0 Å². The zero-order chi connectivity index (χ0) is 13.9. The maximum atomic E-state index is 11.7. The minimum atomic E-state index is 0.0409. The Hall–Kier alpha value is -1.81. The zero-order valence-electron chi connectivity index (χ0n) is 11.6. The number of hydrogen-bond acceptors (Lipinski definition) is 4. The molecule has 0 unspecified atom stereocenters. The van der Waals surface area contributed by atoms with Crippen molar-refractivity contribution >= 4 is 11.9 Å². The molecule has 1 fully saturated rings. The molecule has 2 heterocycles. The van der Waals surface area contributed by atoms with Crippen molar-refractivity contribution in [2.45, 2.75) is 12.8 Å². The largest absolute Gasteiger partial charge is 0.496 e. The second-order valence-electron chi connectivity index (χ2n) is 5.22. The number of piperidine rings is 1. The molecule has 1 saturated heterocycles. The fourth-order valence-corrected chi connectivity index (χ4v) is 2.78.